The number of nitrogens with two attached hydrogens (primary N) is 1. The summed E-state index contributed by atoms with van der Waals surface area (Å²) >= 11 is 1.66. The Morgan fingerprint density at radius 3 is 2.95 bits per heavy atom. The highest BCUT2D eigenvalue weighted by Crippen LogP contribution is 2.40. The molecule has 4 heteroatoms. The van der Waals surface area contributed by atoms with Crippen LogP contribution in [-0.4, -0.2) is 12.1 Å². The van der Waals surface area contributed by atoms with Gasteiger partial charge in [-0.1, -0.05) is 6.07 Å². The molecule has 100 valence electrons. The fourth-order valence-electron chi connectivity index (χ4n) is 2.81. The van der Waals surface area contributed by atoms with Crippen LogP contribution in [0.1, 0.15) is 34.7 Å². The van der Waals surface area contributed by atoms with Gasteiger partial charge in [0.2, 0.25) is 0 Å². The lowest BCUT2D eigenvalue weighted by Crippen LogP contribution is -2.41. The van der Waals surface area contributed by atoms with Crippen molar-refractivity contribution in [1.29, 1.82) is 0 Å². The zero-order chi connectivity index (χ0) is 13.5. The maximum absolute atomic E-state index is 6.70. The third kappa shape index (κ3) is 2.05. The van der Waals surface area contributed by atoms with Crippen LogP contribution in [0.4, 0.5) is 0 Å². The molecule has 1 heterocycles. The van der Waals surface area contributed by atoms with Crippen LogP contribution in [0.2, 0.25) is 0 Å². The van der Waals surface area contributed by atoms with Crippen molar-refractivity contribution in [2.45, 2.75) is 31.7 Å². The molecule has 2 N–H and O–H groups in total. The first kappa shape index (κ1) is 12.6. The monoisotopic (exact) mass is 274 g/mol. The molecule has 1 aromatic carbocycles. The Labute approximate surface area is 117 Å². The zero-order valence-electron chi connectivity index (χ0n) is 11.3. The van der Waals surface area contributed by atoms with Crippen LogP contribution in [0, 0.1) is 6.92 Å². The predicted octanol–water partition coefficient (Wildman–Crippen LogP) is 3.00. The van der Waals surface area contributed by atoms with Gasteiger partial charge in [-0.25, -0.2) is 4.98 Å². The van der Waals surface area contributed by atoms with E-state index in [9.17, 15) is 0 Å². The average molecular weight is 274 g/mol. The lowest BCUT2D eigenvalue weighted by Gasteiger charge is -2.34. The number of benzene rings is 1. The number of aryl methyl sites for hydroxylation is 2. The quantitative estimate of drug-likeness (QED) is 0.915. The SMILES string of the molecule is COc1ccc2c(c1)CCCC2(N)c1nc(C)cs1. The maximum atomic E-state index is 6.70. The molecular weight excluding hydrogens is 256 g/mol. The largest absolute Gasteiger partial charge is 0.497 e. The number of thiazole rings is 1. The van der Waals surface area contributed by atoms with Crippen molar-refractivity contribution in [3.63, 3.8) is 0 Å². The van der Waals surface area contributed by atoms with Gasteiger partial charge in [-0.3, -0.25) is 0 Å². The summed E-state index contributed by atoms with van der Waals surface area (Å²) in [6, 6.07) is 6.20. The van der Waals surface area contributed by atoms with E-state index in [0.29, 0.717) is 0 Å². The van der Waals surface area contributed by atoms with E-state index in [0.717, 1.165) is 35.7 Å². The molecule has 1 aromatic heterocycles. The Morgan fingerprint density at radius 1 is 1.42 bits per heavy atom. The van der Waals surface area contributed by atoms with Gasteiger partial charge in [0.15, 0.2) is 0 Å². The Kier molecular flexibility index (Phi) is 3.07. The second-order valence-corrected chi connectivity index (χ2v) is 6.00. The number of fused-ring (bicyclic) bond motifs is 1. The van der Waals surface area contributed by atoms with Gasteiger partial charge in [-0.05, 0) is 49.4 Å². The molecule has 1 atom stereocenters. The summed E-state index contributed by atoms with van der Waals surface area (Å²) in [6.45, 7) is 2.01. The minimum Gasteiger partial charge on any atom is -0.497 e. The number of hydrogen-bond acceptors (Lipinski definition) is 4. The van der Waals surface area contributed by atoms with Crippen LogP contribution < -0.4 is 10.5 Å². The first-order chi connectivity index (χ1) is 9.13. The van der Waals surface area contributed by atoms with Crippen LogP contribution in [-0.2, 0) is 12.0 Å². The van der Waals surface area contributed by atoms with Gasteiger partial charge in [-0.15, -0.1) is 11.3 Å². The molecule has 0 aliphatic heterocycles. The van der Waals surface area contributed by atoms with Gasteiger partial charge in [0.05, 0.1) is 12.6 Å². The number of methoxy groups -OCH3 is 1. The molecule has 2 aromatic rings. The summed E-state index contributed by atoms with van der Waals surface area (Å²) in [5, 5.41) is 3.10. The van der Waals surface area contributed by atoms with Crippen LogP contribution in [0.3, 0.4) is 0 Å². The Bertz CT molecular complexity index is 608. The normalized spacial score (nSPS) is 22.1. The molecule has 19 heavy (non-hydrogen) atoms. The molecule has 0 fully saturated rings. The Hall–Kier alpha value is -1.39. The van der Waals surface area contributed by atoms with Crippen LogP contribution in [0.15, 0.2) is 23.6 Å². The zero-order valence-corrected chi connectivity index (χ0v) is 12.1. The van der Waals surface area contributed by atoms with Crippen molar-refractivity contribution in [3.05, 3.63) is 45.4 Å². The standard InChI is InChI=1S/C15H18N2OS/c1-10-9-19-14(17-10)15(16)7-3-4-11-8-12(18-2)5-6-13(11)15/h5-6,8-9H,3-4,7,16H2,1-2H3. The number of rotatable bonds is 2. The molecule has 0 amide bonds. The highest BCUT2D eigenvalue weighted by Gasteiger charge is 2.36. The number of ether oxygens (including phenoxy) is 1. The molecule has 0 radical (unpaired) electrons. The van der Waals surface area contributed by atoms with E-state index < -0.39 is 5.54 Å². The number of aromatic nitrogens is 1. The van der Waals surface area contributed by atoms with Crippen molar-refractivity contribution < 1.29 is 4.74 Å². The molecule has 0 saturated carbocycles. The third-order valence-corrected chi connectivity index (χ3v) is 4.95. The lowest BCUT2D eigenvalue weighted by atomic mass is 9.77. The van der Waals surface area contributed by atoms with Gasteiger partial charge in [0.25, 0.3) is 0 Å². The Morgan fingerprint density at radius 2 is 2.26 bits per heavy atom. The Balaban J connectivity index is 2.11. The maximum Gasteiger partial charge on any atom is 0.119 e. The fraction of sp³-hybridized carbons (Fsp3) is 0.400. The van der Waals surface area contributed by atoms with Gasteiger partial charge in [-0.2, -0.15) is 0 Å². The molecule has 0 saturated heterocycles. The minimum atomic E-state index is -0.432. The molecule has 3 nitrogen and oxygen atoms in total. The molecule has 0 spiro atoms. The lowest BCUT2D eigenvalue weighted by molar-refractivity contribution is 0.407. The van der Waals surface area contributed by atoms with Crippen LogP contribution in [0.5, 0.6) is 5.75 Å². The van der Waals surface area contributed by atoms with Gasteiger partial charge in [0, 0.05) is 11.1 Å². The van der Waals surface area contributed by atoms with E-state index in [1.54, 1.807) is 18.4 Å². The van der Waals surface area contributed by atoms with Gasteiger partial charge >= 0.3 is 0 Å². The third-order valence-electron chi connectivity index (χ3n) is 3.81. The summed E-state index contributed by atoms with van der Waals surface area (Å²) in [4.78, 5) is 4.61. The summed E-state index contributed by atoms with van der Waals surface area (Å²) in [5.74, 6) is 0.901. The van der Waals surface area contributed by atoms with E-state index >= 15 is 0 Å². The predicted molar refractivity (Wildman–Crippen MR) is 77.8 cm³/mol. The van der Waals surface area contributed by atoms with Gasteiger partial charge in [0.1, 0.15) is 10.8 Å². The minimum absolute atomic E-state index is 0.432. The first-order valence-electron chi connectivity index (χ1n) is 6.52. The van der Waals surface area contributed by atoms with Crippen molar-refractivity contribution in [3.8, 4) is 5.75 Å². The second kappa shape index (κ2) is 4.62. The molecule has 1 aliphatic rings. The fourth-order valence-corrected chi connectivity index (χ4v) is 3.77. The van der Waals surface area contributed by atoms with Crippen LogP contribution in [0.25, 0.3) is 0 Å². The van der Waals surface area contributed by atoms with Crippen molar-refractivity contribution in [2.75, 3.05) is 7.11 Å². The highest BCUT2D eigenvalue weighted by atomic mass is 32.1. The molecular formula is C15H18N2OS. The summed E-state index contributed by atoms with van der Waals surface area (Å²) in [7, 11) is 1.70. The van der Waals surface area contributed by atoms with E-state index in [1.807, 2.05) is 13.0 Å². The first-order valence-corrected chi connectivity index (χ1v) is 7.40. The molecule has 0 bridgehead atoms. The molecule has 1 aliphatic carbocycles. The number of hydrogen-bond donors (Lipinski definition) is 1. The smallest absolute Gasteiger partial charge is 0.119 e. The van der Waals surface area contributed by atoms with E-state index in [1.165, 1.54) is 11.1 Å². The number of nitrogens with zero attached hydrogens (tertiary/aromatic N) is 1. The average Bonchev–Trinajstić information content (AvgIpc) is 2.86. The van der Waals surface area contributed by atoms with E-state index in [-0.39, 0.29) is 0 Å². The molecule has 1 unspecified atom stereocenters. The van der Waals surface area contributed by atoms with E-state index in [4.69, 9.17) is 10.5 Å². The van der Waals surface area contributed by atoms with Crippen molar-refractivity contribution in [1.82, 2.24) is 4.98 Å². The highest BCUT2D eigenvalue weighted by molar-refractivity contribution is 7.09. The topological polar surface area (TPSA) is 48.1 Å². The molecule has 3 rings (SSSR count). The van der Waals surface area contributed by atoms with Crippen LogP contribution >= 0.6 is 11.3 Å². The van der Waals surface area contributed by atoms with Crippen molar-refractivity contribution >= 4 is 11.3 Å². The summed E-state index contributed by atoms with van der Waals surface area (Å²) in [5.41, 5.74) is 9.81. The van der Waals surface area contributed by atoms with Crippen molar-refractivity contribution in [2.24, 2.45) is 5.73 Å². The second-order valence-electron chi connectivity index (χ2n) is 5.14. The summed E-state index contributed by atoms with van der Waals surface area (Å²) < 4.78 is 5.30. The summed E-state index contributed by atoms with van der Waals surface area (Å²) in [6.07, 6.45) is 3.12. The van der Waals surface area contributed by atoms with E-state index in [2.05, 4.69) is 22.5 Å². The van der Waals surface area contributed by atoms with Gasteiger partial charge < -0.3 is 10.5 Å².